The molecule has 0 bridgehead atoms. The fourth-order valence-electron chi connectivity index (χ4n) is 4.34. The maximum atomic E-state index is 13.0. The Labute approximate surface area is 183 Å². The average Bonchev–Trinajstić information content (AvgIpc) is 3.41. The van der Waals surface area contributed by atoms with Crippen LogP contribution in [-0.2, 0) is 11.2 Å². The van der Waals surface area contributed by atoms with Gasteiger partial charge in [0.2, 0.25) is 5.91 Å². The molecule has 156 valence electrons. The Morgan fingerprint density at radius 3 is 2.77 bits per heavy atom. The molecule has 0 radical (unpaired) electrons. The molecule has 2 aliphatic heterocycles. The van der Waals surface area contributed by atoms with Gasteiger partial charge in [-0.1, -0.05) is 30.0 Å². The number of para-hydroxylation sites is 1. The first-order valence-corrected chi connectivity index (χ1v) is 11.3. The fraction of sp³-hybridized carbons (Fsp3) is 0.261. The van der Waals surface area contributed by atoms with Gasteiger partial charge in [0.15, 0.2) is 22.3 Å². The predicted octanol–water partition coefficient (Wildman–Crippen LogP) is 3.64. The summed E-state index contributed by atoms with van der Waals surface area (Å²) in [4.78, 5) is 14.8. The largest absolute Gasteiger partial charge is 0.486 e. The van der Waals surface area contributed by atoms with Crippen molar-refractivity contribution in [2.75, 3.05) is 30.4 Å². The Bertz CT molecular complexity index is 1350. The Morgan fingerprint density at radius 2 is 1.90 bits per heavy atom. The van der Waals surface area contributed by atoms with Crippen LogP contribution in [0.3, 0.4) is 0 Å². The molecule has 7 nitrogen and oxygen atoms in total. The second-order valence-corrected chi connectivity index (χ2v) is 8.68. The number of nitrogens with zero attached hydrogens (tertiary/aromatic N) is 4. The first-order valence-electron chi connectivity index (χ1n) is 10.3. The van der Waals surface area contributed by atoms with E-state index in [0.717, 1.165) is 52.3 Å². The molecular formula is C23H20N4O3S. The first-order chi connectivity index (χ1) is 15.2. The molecule has 6 rings (SSSR count). The van der Waals surface area contributed by atoms with E-state index in [-0.39, 0.29) is 5.91 Å². The lowest BCUT2D eigenvalue weighted by molar-refractivity contribution is -0.116. The van der Waals surface area contributed by atoms with Gasteiger partial charge >= 0.3 is 0 Å². The number of benzene rings is 2. The molecule has 0 unspecified atom stereocenters. The number of aryl methyl sites for hydroxylation is 1. The van der Waals surface area contributed by atoms with E-state index in [0.29, 0.717) is 24.1 Å². The smallest absolute Gasteiger partial charge is 0.237 e. The molecule has 0 N–H and O–H groups in total. The summed E-state index contributed by atoms with van der Waals surface area (Å²) in [6.07, 6.45) is 0.900. The van der Waals surface area contributed by atoms with Crippen LogP contribution in [0.4, 0.5) is 5.69 Å². The Morgan fingerprint density at radius 1 is 1.10 bits per heavy atom. The van der Waals surface area contributed by atoms with Gasteiger partial charge in [-0.3, -0.25) is 9.20 Å². The van der Waals surface area contributed by atoms with E-state index in [1.807, 2.05) is 46.6 Å². The fourth-order valence-corrected chi connectivity index (χ4v) is 5.16. The van der Waals surface area contributed by atoms with Gasteiger partial charge in [-0.2, -0.15) is 0 Å². The highest BCUT2D eigenvalue weighted by molar-refractivity contribution is 7.99. The highest BCUT2D eigenvalue weighted by Gasteiger charge is 2.25. The summed E-state index contributed by atoms with van der Waals surface area (Å²) >= 11 is 1.41. The lowest BCUT2D eigenvalue weighted by Crippen LogP contribution is -2.30. The van der Waals surface area contributed by atoms with E-state index in [1.54, 1.807) is 0 Å². The van der Waals surface area contributed by atoms with Crippen LogP contribution in [0.5, 0.6) is 11.5 Å². The molecule has 2 aromatic heterocycles. The van der Waals surface area contributed by atoms with E-state index in [4.69, 9.17) is 9.47 Å². The quantitative estimate of drug-likeness (QED) is 0.461. The number of hydrogen-bond acceptors (Lipinski definition) is 6. The summed E-state index contributed by atoms with van der Waals surface area (Å²) in [5, 5.41) is 10.5. The van der Waals surface area contributed by atoms with Crippen LogP contribution in [0.2, 0.25) is 0 Å². The monoisotopic (exact) mass is 432 g/mol. The van der Waals surface area contributed by atoms with Crippen LogP contribution >= 0.6 is 11.8 Å². The number of thioether (sulfide) groups is 1. The van der Waals surface area contributed by atoms with Crippen LogP contribution in [-0.4, -0.2) is 46.0 Å². The molecule has 0 saturated heterocycles. The van der Waals surface area contributed by atoms with E-state index >= 15 is 0 Å². The number of hydrogen-bond donors (Lipinski definition) is 0. The number of aromatic nitrogens is 3. The van der Waals surface area contributed by atoms with Crippen molar-refractivity contribution in [3.05, 3.63) is 53.6 Å². The Balaban J connectivity index is 1.35. The van der Waals surface area contributed by atoms with Gasteiger partial charge in [0.25, 0.3) is 0 Å². The lowest BCUT2D eigenvalue weighted by Gasteiger charge is -2.19. The maximum Gasteiger partial charge on any atom is 0.237 e. The zero-order valence-corrected chi connectivity index (χ0v) is 17.8. The topological polar surface area (TPSA) is 69.0 Å². The number of rotatable bonds is 3. The second-order valence-electron chi connectivity index (χ2n) is 7.74. The number of carbonyl (C=O) groups excluding carboxylic acids is 1. The average molecular weight is 433 g/mol. The molecule has 4 aromatic rings. The van der Waals surface area contributed by atoms with Gasteiger partial charge < -0.3 is 14.4 Å². The van der Waals surface area contributed by atoms with E-state index in [2.05, 4.69) is 22.3 Å². The normalized spacial score (nSPS) is 14.9. The molecule has 1 amide bonds. The number of ether oxygens (including phenoxy) is 2. The molecular weight excluding hydrogens is 412 g/mol. The number of pyridine rings is 1. The summed E-state index contributed by atoms with van der Waals surface area (Å²) in [7, 11) is 0. The first kappa shape index (κ1) is 18.5. The molecule has 0 atom stereocenters. The summed E-state index contributed by atoms with van der Waals surface area (Å²) in [5.74, 6) is 1.86. The highest BCUT2D eigenvalue weighted by atomic mass is 32.2. The van der Waals surface area contributed by atoms with Crippen LogP contribution in [0.25, 0.3) is 16.6 Å². The summed E-state index contributed by atoms with van der Waals surface area (Å²) in [6.45, 7) is 3.82. The molecule has 2 aromatic carbocycles. The van der Waals surface area contributed by atoms with Crippen molar-refractivity contribution in [1.82, 2.24) is 14.6 Å². The van der Waals surface area contributed by atoms with Gasteiger partial charge in [-0.25, -0.2) is 0 Å². The summed E-state index contributed by atoms with van der Waals surface area (Å²) in [6, 6.07) is 14.1. The van der Waals surface area contributed by atoms with Crippen molar-refractivity contribution >= 4 is 39.9 Å². The van der Waals surface area contributed by atoms with Gasteiger partial charge in [0.05, 0.1) is 11.3 Å². The number of fused-ring (bicyclic) bond motifs is 5. The van der Waals surface area contributed by atoms with Crippen molar-refractivity contribution in [3.8, 4) is 11.5 Å². The van der Waals surface area contributed by atoms with Crippen molar-refractivity contribution in [1.29, 1.82) is 0 Å². The minimum atomic E-state index is 0.0813. The zero-order chi connectivity index (χ0) is 20.9. The minimum Gasteiger partial charge on any atom is -0.486 e. The molecule has 0 spiro atoms. The SMILES string of the molecule is Cc1cc2cc3c(cc2n2c(SCC(=O)N4CCc5ccccc54)nnc12)OCCO3. The van der Waals surface area contributed by atoms with E-state index in [9.17, 15) is 4.79 Å². The van der Waals surface area contributed by atoms with Crippen molar-refractivity contribution in [2.45, 2.75) is 18.5 Å². The van der Waals surface area contributed by atoms with Gasteiger partial charge in [-0.15, -0.1) is 10.2 Å². The second kappa shape index (κ2) is 7.16. The third kappa shape index (κ3) is 3.01. The number of amides is 1. The summed E-state index contributed by atoms with van der Waals surface area (Å²) in [5.41, 5.74) is 4.98. The van der Waals surface area contributed by atoms with Crippen molar-refractivity contribution in [2.24, 2.45) is 0 Å². The number of anilines is 1. The minimum absolute atomic E-state index is 0.0813. The van der Waals surface area contributed by atoms with Gasteiger partial charge in [0, 0.05) is 23.7 Å². The zero-order valence-electron chi connectivity index (χ0n) is 17.0. The molecule has 2 aliphatic rings. The lowest BCUT2D eigenvalue weighted by atomic mass is 10.1. The summed E-state index contributed by atoms with van der Waals surface area (Å²) < 4.78 is 13.5. The third-order valence-electron chi connectivity index (χ3n) is 5.80. The van der Waals surface area contributed by atoms with E-state index in [1.165, 1.54) is 17.3 Å². The standard InChI is InChI=1S/C23H20N4O3S/c1-14-10-16-11-19-20(30-9-8-29-19)12-18(16)27-22(14)24-25-23(27)31-13-21(28)26-7-6-15-4-2-3-5-17(15)26/h2-5,10-12H,6-9,13H2,1H3. The Kier molecular flexibility index (Phi) is 4.27. The van der Waals surface area contributed by atoms with Gasteiger partial charge in [0.1, 0.15) is 13.2 Å². The van der Waals surface area contributed by atoms with Crippen LogP contribution in [0.1, 0.15) is 11.1 Å². The van der Waals surface area contributed by atoms with Crippen LogP contribution in [0.15, 0.2) is 47.6 Å². The van der Waals surface area contributed by atoms with Crippen LogP contribution in [0, 0.1) is 6.92 Å². The molecule has 31 heavy (non-hydrogen) atoms. The Hall–Kier alpha value is -3.26. The molecule has 0 saturated carbocycles. The molecule has 0 fully saturated rings. The molecule has 0 aliphatic carbocycles. The highest BCUT2D eigenvalue weighted by Crippen LogP contribution is 2.37. The van der Waals surface area contributed by atoms with Crippen molar-refractivity contribution < 1.29 is 14.3 Å². The third-order valence-corrected chi connectivity index (χ3v) is 6.72. The van der Waals surface area contributed by atoms with Gasteiger partial charge in [-0.05, 0) is 42.7 Å². The predicted molar refractivity (Wildman–Crippen MR) is 119 cm³/mol. The molecule has 8 heteroatoms. The number of carbonyl (C=O) groups is 1. The molecule has 4 heterocycles. The van der Waals surface area contributed by atoms with E-state index < -0.39 is 0 Å². The maximum absolute atomic E-state index is 13.0. The van der Waals surface area contributed by atoms with Crippen LogP contribution < -0.4 is 14.4 Å². The van der Waals surface area contributed by atoms with Crippen molar-refractivity contribution in [3.63, 3.8) is 0 Å².